The second-order valence-corrected chi connectivity index (χ2v) is 7.37. The third kappa shape index (κ3) is 3.28. The van der Waals surface area contributed by atoms with E-state index in [1.165, 1.54) is 24.3 Å². The molecule has 7 heteroatoms. The summed E-state index contributed by atoms with van der Waals surface area (Å²) >= 11 is 0. The van der Waals surface area contributed by atoms with Crippen molar-refractivity contribution in [3.05, 3.63) is 58.7 Å². The molecular formula is C21H18F4O3. The fraction of sp³-hybridized carbons (Fsp3) is 0.381. The summed E-state index contributed by atoms with van der Waals surface area (Å²) < 4.78 is 63.0. The number of benzene rings is 2. The van der Waals surface area contributed by atoms with E-state index in [9.17, 15) is 22.4 Å². The van der Waals surface area contributed by atoms with E-state index in [0.717, 1.165) is 0 Å². The molecule has 1 saturated carbocycles. The van der Waals surface area contributed by atoms with Crippen LogP contribution in [0.1, 0.15) is 48.8 Å². The van der Waals surface area contributed by atoms with Crippen molar-refractivity contribution >= 4 is 5.97 Å². The molecular weight excluding hydrogens is 376 g/mol. The number of hydrogen-bond donors (Lipinski definition) is 1. The summed E-state index contributed by atoms with van der Waals surface area (Å²) in [4.78, 5) is 11.0. The number of carboxylic acid groups (broad SMARTS) is 1. The number of ether oxygens (including phenoxy) is 1. The summed E-state index contributed by atoms with van der Waals surface area (Å²) in [5, 5.41) is 9.05. The summed E-state index contributed by atoms with van der Waals surface area (Å²) in [7, 11) is 0. The van der Waals surface area contributed by atoms with Crippen LogP contribution in [0.5, 0.6) is 0 Å². The van der Waals surface area contributed by atoms with E-state index in [-0.39, 0.29) is 28.2 Å². The van der Waals surface area contributed by atoms with Gasteiger partial charge in [-0.1, -0.05) is 24.3 Å². The molecule has 0 amide bonds. The number of carbonyl (C=O) groups is 1. The fourth-order valence-corrected chi connectivity index (χ4v) is 3.99. The quantitative estimate of drug-likeness (QED) is 0.563. The third-order valence-electron chi connectivity index (χ3n) is 5.71. The lowest BCUT2D eigenvalue weighted by atomic mass is 9.78. The SMILES string of the molecule is O=C(O)C1CCC(c2ccc(-c3ccc(C4CO4)c(F)c3F)c(F)c2F)CC1. The van der Waals surface area contributed by atoms with Crippen LogP contribution in [0.2, 0.25) is 0 Å². The molecule has 0 bridgehead atoms. The van der Waals surface area contributed by atoms with Gasteiger partial charge in [-0.25, -0.2) is 17.6 Å². The molecule has 28 heavy (non-hydrogen) atoms. The minimum Gasteiger partial charge on any atom is -0.481 e. The highest BCUT2D eigenvalue weighted by Gasteiger charge is 2.32. The van der Waals surface area contributed by atoms with Gasteiger partial charge in [-0.15, -0.1) is 0 Å². The van der Waals surface area contributed by atoms with Gasteiger partial charge in [0.2, 0.25) is 0 Å². The monoisotopic (exact) mass is 394 g/mol. The van der Waals surface area contributed by atoms with Crippen molar-refractivity contribution in [3.63, 3.8) is 0 Å². The Balaban J connectivity index is 1.64. The van der Waals surface area contributed by atoms with Crippen LogP contribution in [0, 0.1) is 29.2 Å². The van der Waals surface area contributed by atoms with Gasteiger partial charge in [-0.3, -0.25) is 4.79 Å². The zero-order valence-electron chi connectivity index (χ0n) is 14.9. The van der Waals surface area contributed by atoms with Crippen LogP contribution in [-0.2, 0) is 9.53 Å². The standard InChI is InChI=1S/C21H18F4O3/c22-17-12(10-1-3-11(4-2-10)21(26)27)5-6-13(18(17)23)14-7-8-15(16-9-28-16)20(25)19(14)24/h5-8,10-11,16H,1-4,9H2,(H,26,27). The Hall–Kier alpha value is -2.41. The smallest absolute Gasteiger partial charge is 0.306 e. The molecule has 4 rings (SSSR count). The van der Waals surface area contributed by atoms with E-state index >= 15 is 0 Å². The maximum absolute atomic E-state index is 14.7. The zero-order chi connectivity index (χ0) is 20.0. The van der Waals surface area contributed by atoms with Crippen LogP contribution in [0.4, 0.5) is 17.6 Å². The molecule has 2 aromatic carbocycles. The molecule has 1 heterocycles. The summed E-state index contributed by atoms with van der Waals surface area (Å²) in [5.74, 6) is -6.31. The van der Waals surface area contributed by atoms with Gasteiger partial charge in [0, 0.05) is 16.7 Å². The molecule has 0 radical (unpaired) electrons. The second kappa shape index (κ2) is 7.20. The number of epoxide rings is 1. The van der Waals surface area contributed by atoms with Crippen molar-refractivity contribution in [1.29, 1.82) is 0 Å². The Bertz CT molecular complexity index is 932. The van der Waals surface area contributed by atoms with Crippen molar-refractivity contribution in [2.45, 2.75) is 37.7 Å². The Kier molecular flexibility index (Phi) is 4.87. The first-order valence-corrected chi connectivity index (χ1v) is 9.19. The fourth-order valence-electron chi connectivity index (χ4n) is 3.99. The molecule has 0 spiro atoms. The number of carboxylic acids is 1. The first kappa shape index (κ1) is 18.9. The van der Waals surface area contributed by atoms with Gasteiger partial charge in [0.15, 0.2) is 23.3 Å². The van der Waals surface area contributed by atoms with Crippen molar-refractivity contribution in [3.8, 4) is 11.1 Å². The summed E-state index contributed by atoms with van der Waals surface area (Å²) in [6, 6.07) is 5.19. The van der Waals surface area contributed by atoms with Crippen LogP contribution in [0.3, 0.4) is 0 Å². The predicted octanol–water partition coefficient (Wildman–Crippen LogP) is 5.34. The van der Waals surface area contributed by atoms with E-state index < -0.39 is 41.3 Å². The first-order chi connectivity index (χ1) is 13.4. The van der Waals surface area contributed by atoms with Crippen molar-refractivity contribution in [2.75, 3.05) is 6.61 Å². The molecule has 1 saturated heterocycles. The Morgan fingerprint density at radius 2 is 1.32 bits per heavy atom. The molecule has 1 aliphatic heterocycles. The first-order valence-electron chi connectivity index (χ1n) is 9.19. The van der Waals surface area contributed by atoms with Gasteiger partial charge >= 0.3 is 5.97 Å². The molecule has 3 nitrogen and oxygen atoms in total. The van der Waals surface area contributed by atoms with Crippen LogP contribution in [0.15, 0.2) is 24.3 Å². The lowest BCUT2D eigenvalue weighted by Crippen LogP contribution is -2.21. The topological polar surface area (TPSA) is 49.8 Å². The van der Waals surface area contributed by atoms with Crippen LogP contribution in [-0.4, -0.2) is 17.7 Å². The van der Waals surface area contributed by atoms with Gasteiger partial charge in [0.1, 0.15) is 6.10 Å². The number of hydrogen-bond acceptors (Lipinski definition) is 2. The van der Waals surface area contributed by atoms with Gasteiger partial charge < -0.3 is 9.84 Å². The van der Waals surface area contributed by atoms with Crippen LogP contribution >= 0.6 is 0 Å². The lowest BCUT2D eigenvalue weighted by Gasteiger charge is -2.27. The number of aliphatic carboxylic acids is 1. The van der Waals surface area contributed by atoms with Crippen LogP contribution < -0.4 is 0 Å². The van der Waals surface area contributed by atoms with Gasteiger partial charge in [-0.05, 0) is 37.2 Å². The van der Waals surface area contributed by atoms with E-state index in [2.05, 4.69) is 0 Å². The summed E-state index contributed by atoms with van der Waals surface area (Å²) in [6.45, 7) is 0.303. The average molecular weight is 394 g/mol. The molecule has 1 unspecified atom stereocenters. The minimum absolute atomic E-state index is 0.0638. The van der Waals surface area contributed by atoms with Gasteiger partial charge in [0.05, 0.1) is 12.5 Å². The molecule has 1 N–H and O–H groups in total. The lowest BCUT2D eigenvalue weighted by molar-refractivity contribution is -0.142. The molecule has 2 aliphatic rings. The normalized spacial score (nSPS) is 24.2. The molecule has 2 fully saturated rings. The van der Waals surface area contributed by atoms with Crippen molar-refractivity contribution < 1.29 is 32.2 Å². The summed E-state index contributed by atoms with van der Waals surface area (Å²) in [6.07, 6.45) is 1.17. The highest BCUT2D eigenvalue weighted by atomic mass is 19.2. The third-order valence-corrected chi connectivity index (χ3v) is 5.71. The Labute approximate surface area is 158 Å². The predicted molar refractivity (Wildman–Crippen MR) is 92.7 cm³/mol. The second-order valence-electron chi connectivity index (χ2n) is 7.37. The highest BCUT2D eigenvalue weighted by molar-refractivity contribution is 5.70. The minimum atomic E-state index is -1.24. The molecule has 1 aliphatic carbocycles. The van der Waals surface area contributed by atoms with Gasteiger partial charge in [0.25, 0.3) is 0 Å². The summed E-state index contributed by atoms with van der Waals surface area (Å²) in [5.41, 5.74) is -0.484. The maximum Gasteiger partial charge on any atom is 0.306 e. The molecule has 148 valence electrons. The van der Waals surface area contributed by atoms with E-state index in [4.69, 9.17) is 9.84 Å². The Morgan fingerprint density at radius 1 is 0.821 bits per heavy atom. The maximum atomic E-state index is 14.7. The average Bonchev–Trinajstić information content (AvgIpc) is 3.52. The number of rotatable bonds is 4. The molecule has 2 aromatic rings. The van der Waals surface area contributed by atoms with Crippen molar-refractivity contribution in [2.24, 2.45) is 5.92 Å². The van der Waals surface area contributed by atoms with E-state index in [1.807, 2.05) is 0 Å². The molecule has 0 aromatic heterocycles. The van der Waals surface area contributed by atoms with E-state index in [1.54, 1.807) is 0 Å². The van der Waals surface area contributed by atoms with Gasteiger partial charge in [-0.2, -0.15) is 0 Å². The number of halogens is 4. The van der Waals surface area contributed by atoms with E-state index in [0.29, 0.717) is 32.3 Å². The van der Waals surface area contributed by atoms with Crippen molar-refractivity contribution in [1.82, 2.24) is 0 Å². The largest absolute Gasteiger partial charge is 0.481 e. The zero-order valence-corrected chi connectivity index (χ0v) is 14.9. The highest BCUT2D eigenvalue weighted by Crippen LogP contribution is 2.40. The molecule has 1 atom stereocenters. The Morgan fingerprint density at radius 3 is 1.82 bits per heavy atom. The van der Waals surface area contributed by atoms with Crippen LogP contribution in [0.25, 0.3) is 11.1 Å².